The topological polar surface area (TPSA) is 106 Å². The molecule has 0 fully saturated rings. The molecule has 3 rings (SSSR count). The number of imidazole rings is 1. The van der Waals surface area contributed by atoms with Gasteiger partial charge < -0.3 is 5.73 Å². The van der Waals surface area contributed by atoms with Crippen LogP contribution in [0, 0.1) is 5.41 Å². The van der Waals surface area contributed by atoms with E-state index in [4.69, 9.17) is 22.7 Å². The van der Waals surface area contributed by atoms with Gasteiger partial charge in [-0.1, -0.05) is 11.6 Å². The number of hydrogen-bond acceptors (Lipinski definition) is 6. The van der Waals surface area contributed by atoms with Gasteiger partial charge in [0.25, 0.3) is 0 Å². The Morgan fingerprint density at radius 2 is 2.14 bits per heavy atom. The fourth-order valence-corrected chi connectivity index (χ4v) is 1.97. The number of nitrogens with two attached hydrogens (primary N) is 1. The molecule has 0 saturated carbocycles. The highest BCUT2D eigenvalue weighted by Crippen LogP contribution is 2.18. The lowest BCUT2D eigenvalue weighted by Gasteiger charge is -2.03. The number of nitrogens with one attached hydrogen (secondary N) is 1. The highest BCUT2D eigenvalue weighted by Gasteiger charge is 2.11. The highest BCUT2D eigenvalue weighted by atomic mass is 35.5. The van der Waals surface area contributed by atoms with Crippen molar-refractivity contribution < 1.29 is 0 Å². The fraction of sp³-hybridized carbons (Fsp3) is 0. The van der Waals surface area contributed by atoms with Crippen LogP contribution in [0.3, 0.4) is 0 Å². The molecule has 0 aliphatic heterocycles. The average Bonchev–Trinajstić information content (AvgIpc) is 2.90. The van der Waals surface area contributed by atoms with E-state index < -0.39 is 0 Å². The number of rotatable bonds is 3. The van der Waals surface area contributed by atoms with Crippen LogP contribution in [0.4, 0.5) is 0 Å². The molecule has 0 spiro atoms. The molecular formula is C13H10ClN7. The van der Waals surface area contributed by atoms with Gasteiger partial charge in [0, 0.05) is 12.4 Å². The van der Waals surface area contributed by atoms with Gasteiger partial charge in [-0.15, -0.1) is 0 Å². The summed E-state index contributed by atoms with van der Waals surface area (Å²) >= 11 is 5.89. The van der Waals surface area contributed by atoms with Gasteiger partial charge in [-0.3, -0.25) is 9.81 Å². The summed E-state index contributed by atoms with van der Waals surface area (Å²) in [7, 11) is 0. The van der Waals surface area contributed by atoms with Gasteiger partial charge in [0.2, 0.25) is 0 Å². The summed E-state index contributed by atoms with van der Waals surface area (Å²) in [5.41, 5.74) is 7.25. The first-order chi connectivity index (χ1) is 10.2. The molecule has 0 aliphatic rings. The van der Waals surface area contributed by atoms with E-state index in [0.717, 1.165) is 0 Å². The van der Waals surface area contributed by atoms with Crippen LogP contribution in [0.1, 0.15) is 5.69 Å². The van der Waals surface area contributed by atoms with Gasteiger partial charge in [-0.25, -0.2) is 19.9 Å². The number of fused-ring (bicyclic) bond motifs is 1. The molecule has 0 aromatic carbocycles. The molecule has 0 saturated heterocycles. The average molecular weight is 300 g/mol. The number of nitrogens with zero attached hydrogens (tertiary/aromatic N) is 5. The first kappa shape index (κ1) is 13.2. The normalized spacial score (nSPS) is 11.3. The van der Waals surface area contributed by atoms with Gasteiger partial charge in [0.05, 0.1) is 18.1 Å². The molecule has 3 N–H and O–H groups in total. The van der Waals surface area contributed by atoms with E-state index in [-0.39, 0.29) is 5.71 Å². The first-order valence-electron chi connectivity index (χ1n) is 5.98. The van der Waals surface area contributed by atoms with Gasteiger partial charge in [-0.05, 0) is 18.3 Å². The second kappa shape index (κ2) is 5.29. The molecule has 21 heavy (non-hydrogen) atoms. The molecule has 3 aromatic rings. The summed E-state index contributed by atoms with van der Waals surface area (Å²) in [6, 6.07) is 1.60. The van der Waals surface area contributed by atoms with Crippen LogP contribution in [-0.4, -0.2) is 30.0 Å². The second-order valence-electron chi connectivity index (χ2n) is 4.12. The largest absolute Gasteiger partial charge is 0.405 e. The Hall–Kier alpha value is -2.80. The SMILES string of the molecule is N=C(/C=C\N)c1cn2c(-c3nccc(Cl)n3)cnc2cn1. The van der Waals surface area contributed by atoms with Crippen molar-refractivity contribution in [3.8, 4) is 11.5 Å². The highest BCUT2D eigenvalue weighted by molar-refractivity contribution is 6.29. The van der Waals surface area contributed by atoms with Crippen LogP contribution < -0.4 is 5.73 Å². The summed E-state index contributed by atoms with van der Waals surface area (Å²) in [6.07, 6.45) is 9.22. The van der Waals surface area contributed by atoms with Gasteiger partial charge in [0.1, 0.15) is 16.5 Å². The van der Waals surface area contributed by atoms with Crippen molar-refractivity contribution in [1.82, 2.24) is 24.3 Å². The molecule has 0 amide bonds. The zero-order valence-electron chi connectivity index (χ0n) is 10.7. The van der Waals surface area contributed by atoms with Crippen LogP contribution in [-0.2, 0) is 0 Å². The molecule has 0 aliphatic carbocycles. The molecule has 0 bridgehead atoms. The van der Waals surface area contributed by atoms with Crippen LogP contribution >= 0.6 is 11.6 Å². The van der Waals surface area contributed by atoms with Crippen molar-refractivity contribution >= 4 is 23.0 Å². The van der Waals surface area contributed by atoms with E-state index in [0.29, 0.717) is 28.0 Å². The Kier molecular flexibility index (Phi) is 3.33. The molecule has 0 unspecified atom stereocenters. The van der Waals surface area contributed by atoms with E-state index in [1.165, 1.54) is 12.3 Å². The third-order valence-corrected chi connectivity index (χ3v) is 3.00. The van der Waals surface area contributed by atoms with E-state index in [2.05, 4.69) is 19.9 Å². The molecule has 3 aromatic heterocycles. The van der Waals surface area contributed by atoms with Crippen molar-refractivity contribution in [3.05, 3.63) is 54.0 Å². The van der Waals surface area contributed by atoms with Crippen molar-refractivity contribution in [1.29, 1.82) is 5.41 Å². The van der Waals surface area contributed by atoms with Gasteiger partial charge in [-0.2, -0.15) is 0 Å². The Labute approximate surface area is 124 Å². The summed E-state index contributed by atoms with van der Waals surface area (Å²) in [6.45, 7) is 0. The molecule has 7 nitrogen and oxygen atoms in total. The van der Waals surface area contributed by atoms with Crippen molar-refractivity contribution in [2.45, 2.75) is 0 Å². The smallest absolute Gasteiger partial charge is 0.179 e. The maximum atomic E-state index is 7.85. The quantitative estimate of drug-likeness (QED) is 0.565. The van der Waals surface area contributed by atoms with Crippen LogP contribution in [0.25, 0.3) is 17.2 Å². The van der Waals surface area contributed by atoms with E-state index in [9.17, 15) is 0 Å². The predicted molar refractivity (Wildman–Crippen MR) is 79.2 cm³/mol. The van der Waals surface area contributed by atoms with Gasteiger partial charge >= 0.3 is 0 Å². The summed E-state index contributed by atoms with van der Waals surface area (Å²) in [5, 5.41) is 8.20. The number of hydrogen-bond donors (Lipinski definition) is 2. The van der Waals surface area contributed by atoms with E-state index in [1.807, 2.05) is 0 Å². The standard InChI is InChI=1S/C13H10ClN7/c14-11-2-4-17-13(20-11)10-5-19-12-6-18-9(7-21(10)12)8(16)1-3-15/h1-7,16H,15H2/b3-1-,16-8?. The van der Waals surface area contributed by atoms with E-state index >= 15 is 0 Å². The minimum Gasteiger partial charge on any atom is -0.405 e. The van der Waals surface area contributed by atoms with Crippen molar-refractivity contribution in [3.63, 3.8) is 0 Å². The van der Waals surface area contributed by atoms with E-state index in [1.54, 1.807) is 35.3 Å². The molecular weight excluding hydrogens is 290 g/mol. The minimum atomic E-state index is 0.200. The maximum absolute atomic E-state index is 7.85. The van der Waals surface area contributed by atoms with Crippen LogP contribution in [0.15, 0.2) is 43.1 Å². The van der Waals surface area contributed by atoms with Crippen LogP contribution in [0.5, 0.6) is 0 Å². The number of allylic oxidation sites excluding steroid dienone is 1. The fourth-order valence-electron chi connectivity index (χ4n) is 1.84. The predicted octanol–water partition coefficient (Wildman–Crippen LogP) is 1.68. The van der Waals surface area contributed by atoms with Crippen LogP contribution in [0.2, 0.25) is 5.15 Å². The Balaban J connectivity index is 2.16. The second-order valence-corrected chi connectivity index (χ2v) is 4.51. The van der Waals surface area contributed by atoms with Crippen molar-refractivity contribution in [2.75, 3.05) is 0 Å². The summed E-state index contributed by atoms with van der Waals surface area (Å²) in [5.74, 6) is 0.452. The summed E-state index contributed by atoms with van der Waals surface area (Å²) < 4.78 is 1.76. The lowest BCUT2D eigenvalue weighted by Crippen LogP contribution is -2.03. The molecule has 3 heterocycles. The molecule has 8 heteroatoms. The number of aromatic nitrogens is 5. The molecule has 0 atom stereocenters. The first-order valence-corrected chi connectivity index (χ1v) is 6.36. The minimum absolute atomic E-state index is 0.200. The third-order valence-electron chi connectivity index (χ3n) is 2.79. The monoisotopic (exact) mass is 299 g/mol. The zero-order valence-corrected chi connectivity index (χ0v) is 11.5. The van der Waals surface area contributed by atoms with Gasteiger partial charge in [0.15, 0.2) is 11.5 Å². The maximum Gasteiger partial charge on any atom is 0.179 e. The Morgan fingerprint density at radius 3 is 2.90 bits per heavy atom. The summed E-state index contributed by atoms with van der Waals surface area (Å²) in [4.78, 5) is 16.7. The molecule has 0 radical (unpaired) electrons. The third kappa shape index (κ3) is 2.46. The zero-order chi connectivity index (χ0) is 14.8. The Morgan fingerprint density at radius 1 is 1.29 bits per heavy atom. The lowest BCUT2D eigenvalue weighted by atomic mass is 10.2. The molecule has 104 valence electrons. The Bertz CT molecular complexity index is 853. The lowest BCUT2D eigenvalue weighted by molar-refractivity contribution is 1.08. The van der Waals surface area contributed by atoms with Crippen molar-refractivity contribution in [2.24, 2.45) is 5.73 Å². The number of halogens is 1.